The van der Waals surface area contributed by atoms with Crippen molar-refractivity contribution in [2.75, 3.05) is 25.4 Å². The number of amides is 2. The quantitative estimate of drug-likeness (QED) is 0.394. The van der Waals surface area contributed by atoms with Crippen LogP contribution in [-0.2, 0) is 4.79 Å². The molecule has 0 aliphatic heterocycles. The van der Waals surface area contributed by atoms with Gasteiger partial charge in [0.25, 0.3) is 11.8 Å². The zero-order chi connectivity index (χ0) is 24.6. The van der Waals surface area contributed by atoms with Crippen molar-refractivity contribution in [3.63, 3.8) is 0 Å². The van der Waals surface area contributed by atoms with Crippen LogP contribution in [0.3, 0.4) is 0 Å². The summed E-state index contributed by atoms with van der Waals surface area (Å²) >= 11 is 1.55. The molecule has 8 nitrogen and oxygen atoms in total. The molecule has 9 heteroatoms. The van der Waals surface area contributed by atoms with Crippen LogP contribution in [-0.4, -0.2) is 48.5 Å². The van der Waals surface area contributed by atoms with Crippen LogP contribution in [0.25, 0.3) is 0 Å². The largest absolute Gasteiger partial charge is 0.474 e. The molecule has 2 amide bonds. The molecule has 0 atom stereocenters. The number of nitrogens with two attached hydrogens (primary N) is 1. The lowest BCUT2D eigenvalue weighted by Gasteiger charge is -2.54. The number of nitrogens with one attached hydrogen (secondary N) is 2. The summed E-state index contributed by atoms with van der Waals surface area (Å²) in [6, 6.07) is 0.234. The van der Waals surface area contributed by atoms with Gasteiger partial charge in [-0.25, -0.2) is 0 Å². The summed E-state index contributed by atoms with van der Waals surface area (Å²) in [6.07, 6.45) is 8.89. The summed E-state index contributed by atoms with van der Waals surface area (Å²) in [4.78, 5) is 26.8. The predicted molar refractivity (Wildman–Crippen MR) is 134 cm³/mol. The summed E-state index contributed by atoms with van der Waals surface area (Å²) in [7, 11) is 0. The molecule has 0 radical (unpaired) electrons. The number of carbonyl (C=O) groups is 2. The zero-order valence-electron chi connectivity index (χ0n) is 21.0. The number of hydrogen-bond donors (Lipinski definition) is 3. The van der Waals surface area contributed by atoms with E-state index < -0.39 is 5.41 Å². The van der Waals surface area contributed by atoms with Crippen LogP contribution in [0.2, 0.25) is 0 Å². The van der Waals surface area contributed by atoms with Crippen LogP contribution in [0.5, 0.6) is 5.88 Å². The molecule has 6 rings (SSSR count). The maximum absolute atomic E-state index is 13.4. The predicted octanol–water partition coefficient (Wildman–Crippen LogP) is 3.60. The lowest BCUT2D eigenvalue weighted by atomic mass is 9.54. The normalized spacial score (nSPS) is 30.2. The monoisotopic (exact) mass is 504 g/mol. The van der Waals surface area contributed by atoms with Crippen molar-refractivity contribution >= 4 is 23.6 Å². The summed E-state index contributed by atoms with van der Waals surface area (Å²) in [5.74, 6) is 4.50. The number of carbonyl (C=O) groups excluding carboxylic acids is 2. The number of ether oxygens (including phenoxy) is 1. The molecule has 5 saturated carbocycles. The molecule has 35 heavy (non-hydrogen) atoms. The molecule has 0 unspecified atom stereocenters. The Bertz CT molecular complexity index is 900. The molecular formula is C26H40N4O4S. The average Bonchev–Trinajstić information content (AvgIpc) is 3.20. The Hall–Kier alpha value is -1.74. The van der Waals surface area contributed by atoms with Gasteiger partial charge in [0.15, 0.2) is 0 Å². The van der Waals surface area contributed by atoms with E-state index in [1.807, 2.05) is 0 Å². The third kappa shape index (κ3) is 5.08. The summed E-state index contributed by atoms with van der Waals surface area (Å²) in [6.45, 7) is 5.36. The Morgan fingerprint density at radius 1 is 1.17 bits per heavy atom. The van der Waals surface area contributed by atoms with Crippen LogP contribution in [0.4, 0.5) is 0 Å². The van der Waals surface area contributed by atoms with Gasteiger partial charge in [-0.05, 0) is 79.7 Å². The standard InChI is InChI=1S/C26H40N4O4S/c1-15(2)13-35-22-21(23(31)29-20-18-9-16-8-17(11-18)12-19(20)10-16)34-30-24(22)33-14-26(4-3-5-26)25(32)28-7-6-27/h15-20H,3-14,27H2,1-2H3,(H,28,32)(H,29,31). The second kappa shape index (κ2) is 10.3. The van der Waals surface area contributed by atoms with Crippen molar-refractivity contribution in [1.29, 1.82) is 0 Å². The van der Waals surface area contributed by atoms with Gasteiger partial charge >= 0.3 is 0 Å². The van der Waals surface area contributed by atoms with Crippen molar-refractivity contribution in [2.45, 2.75) is 76.2 Å². The minimum absolute atomic E-state index is 0.0195. The van der Waals surface area contributed by atoms with Crippen molar-refractivity contribution in [2.24, 2.45) is 40.7 Å². The summed E-state index contributed by atoms with van der Waals surface area (Å²) in [5, 5.41) is 10.4. The first-order valence-corrected chi connectivity index (χ1v) is 14.4. The average molecular weight is 505 g/mol. The molecule has 5 aliphatic rings. The van der Waals surface area contributed by atoms with Gasteiger partial charge in [0.1, 0.15) is 11.5 Å². The molecule has 5 fully saturated rings. The molecule has 1 heterocycles. The number of nitrogens with zero attached hydrogens (tertiary/aromatic N) is 1. The molecule has 5 aliphatic carbocycles. The van der Waals surface area contributed by atoms with E-state index in [9.17, 15) is 9.59 Å². The van der Waals surface area contributed by atoms with Gasteiger partial charge in [-0.2, -0.15) is 0 Å². The van der Waals surface area contributed by atoms with E-state index >= 15 is 0 Å². The second-order valence-electron chi connectivity index (χ2n) is 11.7. The van der Waals surface area contributed by atoms with E-state index in [0.29, 0.717) is 41.6 Å². The van der Waals surface area contributed by atoms with Crippen molar-refractivity contribution in [1.82, 2.24) is 15.8 Å². The molecule has 4 N–H and O–H groups in total. The van der Waals surface area contributed by atoms with Gasteiger partial charge in [0.2, 0.25) is 11.7 Å². The number of aromatic nitrogens is 1. The van der Waals surface area contributed by atoms with Crippen molar-refractivity contribution < 1.29 is 18.8 Å². The molecular weight excluding hydrogens is 464 g/mol. The fourth-order valence-corrected chi connectivity index (χ4v) is 7.86. The van der Waals surface area contributed by atoms with Gasteiger partial charge in [-0.15, -0.1) is 11.8 Å². The fraction of sp³-hybridized carbons (Fsp3) is 0.808. The summed E-state index contributed by atoms with van der Waals surface area (Å²) < 4.78 is 11.7. The number of hydrogen-bond acceptors (Lipinski definition) is 7. The molecule has 0 spiro atoms. The minimum Gasteiger partial charge on any atom is -0.474 e. The fourth-order valence-electron chi connectivity index (χ4n) is 6.88. The SMILES string of the molecule is CC(C)CSc1c(OCC2(C(=O)NCCN)CCC2)noc1C(=O)NC1C2CC3CC(C2)CC1C3. The van der Waals surface area contributed by atoms with Crippen LogP contribution >= 0.6 is 11.8 Å². The van der Waals surface area contributed by atoms with Crippen molar-refractivity contribution in [3.8, 4) is 5.88 Å². The maximum Gasteiger partial charge on any atom is 0.291 e. The molecule has 4 bridgehead atoms. The maximum atomic E-state index is 13.4. The first kappa shape index (κ1) is 24.9. The lowest BCUT2D eigenvalue weighted by Crippen LogP contribution is -2.55. The molecule has 0 saturated heterocycles. The third-order valence-electron chi connectivity index (χ3n) is 8.62. The Kier molecular flexibility index (Phi) is 7.35. The highest BCUT2D eigenvalue weighted by Gasteiger charge is 2.49. The zero-order valence-corrected chi connectivity index (χ0v) is 21.8. The highest BCUT2D eigenvalue weighted by molar-refractivity contribution is 7.99. The molecule has 0 aromatic carbocycles. The van der Waals surface area contributed by atoms with E-state index in [2.05, 4.69) is 29.6 Å². The van der Waals surface area contributed by atoms with E-state index in [0.717, 1.165) is 36.9 Å². The Morgan fingerprint density at radius 2 is 1.86 bits per heavy atom. The number of thioether (sulfide) groups is 1. The molecule has 1 aromatic heterocycles. The van der Waals surface area contributed by atoms with E-state index in [1.165, 1.54) is 32.1 Å². The second-order valence-corrected chi connectivity index (χ2v) is 12.8. The molecule has 194 valence electrons. The van der Waals surface area contributed by atoms with E-state index in [1.54, 1.807) is 11.8 Å². The van der Waals surface area contributed by atoms with Gasteiger partial charge < -0.3 is 25.6 Å². The van der Waals surface area contributed by atoms with Crippen LogP contribution in [0, 0.1) is 35.0 Å². The van der Waals surface area contributed by atoms with E-state index in [-0.39, 0.29) is 30.2 Å². The van der Waals surface area contributed by atoms with Gasteiger partial charge in [-0.3, -0.25) is 9.59 Å². The molecule has 1 aromatic rings. The highest BCUT2D eigenvalue weighted by atomic mass is 32.2. The third-order valence-corrected chi connectivity index (χ3v) is 10.1. The van der Waals surface area contributed by atoms with Crippen molar-refractivity contribution in [3.05, 3.63) is 5.76 Å². The van der Waals surface area contributed by atoms with Gasteiger partial charge in [0, 0.05) is 24.9 Å². The van der Waals surface area contributed by atoms with Crippen LogP contribution in [0.1, 0.15) is 75.8 Å². The Morgan fingerprint density at radius 3 is 2.43 bits per heavy atom. The van der Waals surface area contributed by atoms with Gasteiger partial charge in [-0.1, -0.05) is 20.3 Å². The lowest BCUT2D eigenvalue weighted by molar-refractivity contribution is -0.138. The summed E-state index contributed by atoms with van der Waals surface area (Å²) in [5.41, 5.74) is 4.99. The van der Waals surface area contributed by atoms with Gasteiger partial charge in [0.05, 0.1) is 5.41 Å². The number of rotatable bonds is 11. The smallest absolute Gasteiger partial charge is 0.291 e. The topological polar surface area (TPSA) is 119 Å². The first-order chi connectivity index (χ1) is 16.9. The first-order valence-electron chi connectivity index (χ1n) is 13.4. The van der Waals surface area contributed by atoms with Crippen LogP contribution < -0.4 is 21.1 Å². The van der Waals surface area contributed by atoms with E-state index in [4.69, 9.17) is 15.0 Å². The minimum atomic E-state index is -0.559. The Balaban J connectivity index is 1.29. The highest BCUT2D eigenvalue weighted by Crippen LogP contribution is 2.54. The Labute approximate surface area is 212 Å². The van der Waals surface area contributed by atoms with Crippen LogP contribution in [0.15, 0.2) is 9.42 Å².